The number of carbonyl (C=O) groups is 2. The third-order valence-electron chi connectivity index (χ3n) is 4.78. The van der Waals surface area contributed by atoms with E-state index in [0.717, 1.165) is 32.1 Å². The van der Waals surface area contributed by atoms with Crippen LogP contribution in [0.2, 0.25) is 0 Å². The molecule has 0 aromatic rings. The van der Waals surface area contributed by atoms with Crippen molar-refractivity contribution in [1.82, 2.24) is 0 Å². The molecule has 5 nitrogen and oxygen atoms in total. The van der Waals surface area contributed by atoms with Crippen molar-refractivity contribution in [1.29, 1.82) is 0 Å². The van der Waals surface area contributed by atoms with Crippen molar-refractivity contribution >= 4 is 11.9 Å². The van der Waals surface area contributed by atoms with Crippen LogP contribution in [0.15, 0.2) is 24.3 Å². The van der Waals surface area contributed by atoms with E-state index in [2.05, 4.69) is 31.2 Å². The lowest BCUT2D eigenvalue weighted by molar-refractivity contribution is -0.873. The SMILES string of the molecule is CCCCCC=CCC=CCCCCCCCC(=O)OC(CC(=O)O)C[N+](C)(C)C. The van der Waals surface area contributed by atoms with Crippen LogP contribution in [0.1, 0.15) is 90.4 Å². The number of ether oxygens (including phenoxy) is 1. The highest BCUT2D eigenvalue weighted by Gasteiger charge is 2.24. The molecule has 1 unspecified atom stereocenters. The molecule has 0 aliphatic heterocycles. The molecule has 0 aliphatic carbocycles. The van der Waals surface area contributed by atoms with Crippen molar-refractivity contribution in [2.24, 2.45) is 0 Å². The number of aliphatic carboxylic acids is 1. The number of hydrogen-bond donors (Lipinski definition) is 1. The van der Waals surface area contributed by atoms with Crippen molar-refractivity contribution in [2.75, 3.05) is 27.7 Å². The zero-order valence-electron chi connectivity index (χ0n) is 19.9. The summed E-state index contributed by atoms with van der Waals surface area (Å²) >= 11 is 0. The van der Waals surface area contributed by atoms with Crippen LogP contribution in [-0.4, -0.2) is 55.3 Å². The molecule has 1 atom stereocenters. The van der Waals surface area contributed by atoms with E-state index in [4.69, 9.17) is 9.84 Å². The first-order valence-electron chi connectivity index (χ1n) is 11.8. The lowest BCUT2D eigenvalue weighted by atomic mass is 10.1. The van der Waals surface area contributed by atoms with Crippen molar-refractivity contribution in [2.45, 2.75) is 96.5 Å². The third kappa shape index (κ3) is 21.1. The fourth-order valence-corrected chi connectivity index (χ4v) is 3.27. The second-order valence-corrected chi connectivity index (χ2v) is 9.16. The van der Waals surface area contributed by atoms with Gasteiger partial charge in [-0.3, -0.25) is 9.59 Å². The summed E-state index contributed by atoms with van der Waals surface area (Å²) in [7, 11) is 5.88. The van der Waals surface area contributed by atoms with Gasteiger partial charge in [0.15, 0.2) is 6.10 Å². The van der Waals surface area contributed by atoms with Gasteiger partial charge >= 0.3 is 11.9 Å². The van der Waals surface area contributed by atoms with Crippen molar-refractivity contribution in [3.63, 3.8) is 0 Å². The summed E-state index contributed by atoms with van der Waals surface area (Å²) < 4.78 is 5.97. The predicted molar refractivity (Wildman–Crippen MR) is 124 cm³/mol. The average molecular weight is 425 g/mol. The van der Waals surface area contributed by atoms with Gasteiger partial charge in [-0.25, -0.2) is 0 Å². The largest absolute Gasteiger partial charge is 0.481 e. The van der Waals surface area contributed by atoms with E-state index in [1.54, 1.807) is 0 Å². The zero-order valence-corrected chi connectivity index (χ0v) is 19.9. The molecule has 0 amide bonds. The summed E-state index contributed by atoms with van der Waals surface area (Å²) in [5.41, 5.74) is 0. The smallest absolute Gasteiger partial charge is 0.307 e. The third-order valence-corrected chi connectivity index (χ3v) is 4.78. The molecule has 0 spiro atoms. The number of hydrogen-bond acceptors (Lipinski definition) is 3. The van der Waals surface area contributed by atoms with Crippen LogP contribution in [-0.2, 0) is 14.3 Å². The van der Waals surface area contributed by atoms with Crippen LogP contribution >= 0.6 is 0 Å². The summed E-state index contributed by atoms with van der Waals surface area (Å²) in [6, 6.07) is 0. The maximum Gasteiger partial charge on any atom is 0.307 e. The molecule has 0 saturated heterocycles. The molecular formula is C25H46NO4+. The Hall–Kier alpha value is -1.62. The Bertz CT molecular complexity index is 506. The summed E-state index contributed by atoms with van der Waals surface area (Å²) in [4.78, 5) is 23.0. The van der Waals surface area contributed by atoms with Gasteiger partial charge in [0, 0.05) is 6.42 Å². The van der Waals surface area contributed by atoms with E-state index in [1.807, 2.05) is 21.1 Å². The molecule has 0 aliphatic rings. The van der Waals surface area contributed by atoms with Crippen molar-refractivity contribution < 1.29 is 23.9 Å². The Labute approximate surface area is 184 Å². The van der Waals surface area contributed by atoms with Gasteiger partial charge in [-0.05, 0) is 38.5 Å². The lowest BCUT2D eigenvalue weighted by Gasteiger charge is -2.28. The summed E-state index contributed by atoms with van der Waals surface area (Å²) in [5, 5.41) is 9.00. The van der Waals surface area contributed by atoms with E-state index in [9.17, 15) is 9.59 Å². The Kier molecular flexibility index (Phi) is 17.2. The van der Waals surface area contributed by atoms with Crippen LogP contribution in [0.5, 0.6) is 0 Å². The van der Waals surface area contributed by atoms with Crippen LogP contribution in [0.25, 0.3) is 0 Å². The topological polar surface area (TPSA) is 63.6 Å². The van der Waals surface area contributed by atoms with Crippen LogP contribution < -0.4 is 0 Å². The Balaban J connectivity index is 3.71. The molecule has 0 radical (unpaired) electrons. The minimum Gasteiger partial charge on any atom is -0.481 e. The molecule has 30 heavy (non-hydrogen) atoms. The molecule has 0 fully saturated rings. The monoisotopic (exact) mass is 424 g/mol. The number of allylic oxidation sites excluding steroid dienone is 4. The fourth-order valence-electron chi connectivity index (χ4n) is 3.27. The van der Waals surface area contributed by atoms with Crippen molar-refractivity contribution in [3.05, 3.63) is 24.3 Å². The van der Waals surface area contributed by atoms with E-state index in [1.165, 1.54) is 38.5 Å². The summed E-state index contributed by atoms with van der Waals surface area (Å²) in [6.07, 6.45) is 21.3. The average Bonchev–Trinajstić information content (AvgIpc) is 2.63. The van der Waals surface area contributed by atoms with Crippen LogP contribution in [0.4, 0.5) is 0 Å². The molecule has 0 heterocycles. The van der Waals surface area contributed by atoms with Gasteiger partial charge in [-0.2, -0.15) is 0 Å². The van der Waals surface area contributed by atoms with Gasteiger partial charge in [-0.1, -0.05) is 63.3 Å². The first kappa shape index (κ1) is 28.4. The maximum absolute atomic E-state index is 12.0. The van der Waals surface area contributed by atoms with Gasteiger partial charge in [0.1, 0.15) is 6.54 Å². The van der Waals surface area contributed by atoms with Gasteiger partial charge in [0.05, 0.1) is 27.6 Å². The molecule has 0 aromatic carbocycles. The Morgan fingerprint density at radius 1 is 0.867 bits per heavy atom. The fraction of sp³-hybridized carbons (Fsp3) is 0.760. The molecule has 0 aromatic heterocycles. The normalized spacial score (nSPS) is 13.2. The Morgan fingerprint density at radius 3 is 2.00 bits per heavy atom. The maximum atomic E-state index is 12.0. The quantitative estimate of drug-likeness (QED) is 0.121. The van der Waals surface area contributed by atoms with Gasteiger partial charge in [0.2, 0.25) is 0 Å². The molecule has 5 heteroatoms. The van der Waals surface area contributed by atoms with E-state index >= 15 is 0 Å². The number of carbonyl (C=O) groups excluding carboxylic acids is 1. The molecule has 174 valence electrons. The number of esters is 1. The molecule has 0 saturated carbocycles. The van der Waals surface area contributed by atoms with E-state index in [-0.39, 0.29) is 12.4 Å². The molecule has 0 bridgehead atoms. The highest BCUT2D eigenvalue weighted by Crippen LogP contribution is 2.11. The number of likely N-dealkylation sites (N-methyl/N-ethyl adjacent to an activating group) is 1. The molecule has 1 N–H and O–H groups in total. The minimum absolute atomic E-state index is 0.135. The second kappa shape index (κ2) is 18.2. The standard InChI is InChI=1S/C25H45NO4/c1-5-6-7-8-9-10-11-12-13-14-15-16-17-18-19-20-25(29)30-23(21-24(27)28)22-26(2,3)4/h9-10,12-13,23H,5-8,11,14-22H2,1-4H3/p+1. The van der Waals surface area contributed by atoms with Crippen LogP contribution in [0, 0.1) is 0 Å². The lowest BCUT2D eigenvalue weighted by Crippen LogP contribution is -2.43. The highest BCUT2D eigenvalue weighted by atomic mass is 16.5. The highest BCUT2D eigenvalue weighted by molar-refractivity contribution is 5.71. The summed E-state index contributed by atoms with van der Waals surface area (Å²) in [5.74, 6) is -1.21. The second-order valence-electron chi connectivity index (χ2n) is 9.16. The number of carboxylic acid groups (broad SMARTS) is 1. The zero-order chi connectivity index (χ0) is 22.7. The number of rotatable bonds is 19. The first-order chi connectivity index (χ1) is 14.2. The first-order valence-corrected chi connectivity index (χ1v) is 11.8. The number of quaternary nitrogens is 1. The van der Waals surface area contributed by atoms with Gasteiger partial charge in [0.25, 0.3) is 0 Å². The molecule has 0 rings (SSSR count). The van der Waals surface area contributed by atoms with Gasteiger partial charge < -0.3 is 14.3 Å². The minimum atomic E-state index is -0.932. The number of carboxylic acids is 1. The Morgan fingerprint density at radius 2 is 1.43 bits per heavy atom. The van der Waals surface area contributed by atoms with Crippen LogP contribution in [0.3, 0.4) is 0 Å². The van der Waals surface area contributed by atoms with Gasteiger partial charge in [-0.15, -0.1) is 0 Å². The molecular weight excluding hydrogens is 378 g/mol. The number of unbranched alkanes of at least 4 members (excludes halogenated alkanes) is 8. The van der Waals surface area contributed by atoms with Crippen molar-refractivity contribution in [3.8, 4) is 0 Å². The van der Waals surface area contributed by atoms with E-state index < -0.39 is 12.1 Å². The van der Waals surface area contributed by atoms with E-state index in [0.29, 0.717) is 17.4 Å². The predicted octanol–water partition coefficient (Wildman–Crippen LogP) is 5.89. The summed E-state index contributed by atoms with van der Waals surface area (Å²) in [6.45, 7) is 2.73. The number of nitrogens with zero attached hydrogens (tertiary/aromatic N) is 1.